The third-order valence-corrected chi connectivity index (χ3v) is 4.15. The normalized spacial score (nSPS) is 10.2. The fourth-order valence-electron chi connectivity index (χ4n) is 1.77. The van der Waals surface area contributed by atoms with Crippen LogP contribution in [0.3, 0.4) is 0 Å². The van der Waals surface area contributed by atoms with Gasteiger partial charge in [0.1, 0.15) is 5.82 Å². The molecule has 0 fully saturated rings. The summed E-state index contributed by atoms with van der Waals surface area (Å²) in [6.45, 7) is 2.20. The molecule has 0 aromatic heterocycles. The molecular formula is C15H11BrClFN2. The number of hydrogen-bond acceptors (Lipinski definition) is 2. The summed E-state index contributed by atoms with van der Waals surface area (Å²) in [5, 5.41) is 12.6. The number of anilines is 1. The number of nitrogens with one attached hydrogen (secondary N) is 1. The lowest BCUT2D eigenvalue weighted by Crippen LogP contribution is -2.03. The first-order valence-corrected chi connectivity index (χ1v) is 7.06. The second-order valence-corrected chi connectivity index (χ2v) is 5.61. The predicted octanol–water partition coefficient (Wildman–Crippen LogP) is 5.03. The van der Waals surface area contributed by atoms with Crippen molar-refractivity contribution >= 4 is 33.2 Å². The SMILES string of the molecule is Cc1c(F)cc(C#N)cc1NCc1ccc(Cl)c(Br)c1. The van der Waals surface area contributed by atoms with Gasteiger partial charge < -0.3 is 5.32 Å². The van der Waals surface area contributed by atoms with Crippen molar-refractivity contribution in [2.45, 2.75) is 13.5 Å². The maximum Gasteiger partial charge on any atom is 0.129 e. The van der Waals surface area contributed by atoms with Crippen molar-refractivity contribution in [3.05, 3.63) is 62.3 Å². The highest BCUT2D eigenvalue weighted by Gasteiger charge is 2.07. The topological polar surface area (TPSA) is 35.8 Å². The Kier molecular flexibility index (Phi) is 4.64. The van der Waals surface area contributed by atoms with Crippen LogP contribution >= 0.6 is 27.5 Å². The summed E-state index contributed by atoms with van der Waals surface area (Å²) < 4.78 is 14.5. The van der Waals surface area contributed by atoms with E-state index < -0.39 is 0 Å². The van der Waals surface area contributed by atoms with Crippen molar-refractivity contribution in [3.8, 4) is 6.07 Å². The molecule has 1 N–H and O–H groups in total. The van der Waals surface area contributed by atoms with Gasteiger partial charge in [0.05, 0.1) is 16.7 Å². The summed E-state index contributed by atoms with van der Waals surface area (Å²) in [6.07, 6.45) is 0. The zero-order valence-electron chi connectivity index (χ0n) is 10.7. The van der Waals surface area contributed by atoms with Gasteiger partial charge in [0.15, 0.2) is 0 Å². The Morgan fingerprint density at radius 3 is 2.75 bits per heavy atom. The average Bonchev–Trinajstić information content (AvgIpc) is 2.44. The number of hydrogen-bond donors (Lipinski definition) is 1. The maximum absolute atomic E-state index is 13.7. The number of benzene rings is 2. The van der Waals surface area contributed by atoms with E-state index in [-0.39, 0.29) is 5.82 Å². The third kappa shape index (κ3) is 3.30. The zero-order valence-corrected chi connectivity index (χ0v) is 13.0. The van der Waals surface area contributed by atoms with Gasteiger partial charge in [0, 0.05) is 22.3 Å². The van der Waals surface area contributed by atoms with E-state index in [4.69, 9.17) is 16.9 Å². The van der Waals surface area contributed by atoms with Crippen LogP contribution in [0.4, 0.5) is 10.1 Å². The van der Waals surface area contributed by atoms with E-state index in [0.29, 0.717) is 28.4 Å². The molecule has 5 heteroatoms. The van der Waals surface area contributed by atoms with E-state index in [9.17, 15) is 4.39 Å². The molecule has 0 spiro atoms. The van der Waals surface area contributed by atoms with Crippen molar-refractivity contribution in [1.29, 1.82) is 5.26 Å². The lowest BCUT2D eigenvalue weighted by molar-refractivity contribution is 0.618. The fraction of sp³-hybridized carbons (Fsp3) is 0.133. The minimum Gasteiger partial charge on any atom is -0.381 e. The van der Waals surface area contributed by atoms with Crippen molar-refractivity contribution in [1.82, 2.24) is 0 Å². The number of rotatable bonds is 3. The smallest absolute Gasteiger partial charge is 0.129 e. The molecule has 0 radical (unpaired) electrons. The molecule has 20 heavy (non-hydrogen) atoms. The third-order valence-electron chi connectivity index (χ3n) is 2.94. The molecule has 0 saturated carbocycles. The van der Waals surface area contributed by atoms with Crippen LogP contribution in [0.15, 0.2) is 34.8 Å². The maximum atomic E-state index is 13.7. The summed E-state index contributed by atoms with van der Waals surface area (Å²) in [6, 6.07) is 10.4. The summed E-state index contributed by atoms with van der Waals surface area (Å²) in [4.78, 5) is 0. The molecule has 0 aliphatic carbocycles. The summed E-state index contributed by atoms with van der Waals surface area (Å²) >= 11 is 9.29. The largest absolute Gasteiger partial charge is 0.381 e. The van der Waals surface area contributed by atoms with Crippen molar-refractivity contribution < 1.29 is 4.39 Å². The second-order valence-electron chi connectivity index (χ2n) is 4.34. The van der Waals surface area contributed by atoms with E-state index in [1.54, 1.807) is 19.1 Å². The molecular weight excluding hydrogens is 343 g/mol. The van der Waals surface area contributed by atoms with Crippen LogP contribution in [-0.4, -0.2) is 0 Å². The van der Waals surface area contributed by atoms with Crippen LogP contribution in [0.5, 0.6) is 0 Å². The molecule has 0 saturated heterocycles. The van der Waals surface area contributed by atoms with Crippen molar-refractivity contribution in [2.24, 2.45) is 0 Å². The highest BCUT2D eigenvalue weighted by molar-refractivity contribution is 9.10. The van der Waals surface area contributed by atoms with Gasteiger partial charge in [-0.15, -0.1) is 0 Å². The van der Waals surface area contributed by atoms with E-state index in [1.165, 1.54) is 6.07 Å². The molecule has 0 aliphatic heterocycles. The van der Waals surface area contributed by atoms with Gasteiger partial charge in [-0.3, -0.25) is 0 Å². The summed E-state index contributed by atoms with van der Waals surface area (Å²) in [5.41, 5.74) is 2.42. The van der Waals surface area contributed by atoms with Gasteiger partial charge in [-0.2, -0.15) is 5.26 Å². The Hall–Kier alpha value is -1.57. The molecule has 0 unspecified atom stereocenters. The van der Waals surface area contributed by atoms with Gasteiger partial charge >= 0.3 is 0 Å². The van der Waals surface area contributed by atoms with Crippen molar-refractivity contribution in [2.75, 3.05) is 5.32 Å². The first kappa shape index (κ1) is 14.8. The van der Waals surface area contributed by atoms with Crippen LogP contribution in [0, 0.1) is 24.1 Å². The van der Waals surface area contributed by atoms with Gasteiger partial charge in [0.2, 0.25) is 0 Å². The summed E-state index contributed by atoms with van der Waals surface area (Å²) in [5.74, 6) is -0.385. The number of nitriles is 1. The van der Waals surface area contributed by atoms with Gasteiger partial charge in [-0.1, -0.05) is 17.7 Å². The van der Waals surface area contributed by atoms with E-state index in [0.717, 1.165) is 10.0 Å². The van der Waals surface area contributed by atoms with E-state index >= 15 is 0 Å². The lowest BCUT2D eigenvalue weighted by Gasteiger charge is -2.11. The number of nitrogens with zero attached hydrogens (tertiary/aromatic N) is 1. The molecule has 2 nitrogen and oxygen atoms in total. The monoisotopic (exact) mass is 352 g/mol. The summed E-state index contributed by atoms with van der Waals surface area (Å²) in [7, 11) is 0. The molecule has 0 bridgehead atoms. The highest BCUT2D eigenvalue weighted by Crippen LogP contribution is 2.25. The Labute approximate surface area is 130 Å². The second kappa shape index (κ2) is 6.25. The predicted molar refractivity (Wildman–Crippen MR) is 82.3 cm³/mol. The Balaban J connectivity index is 2.20. The molecule has 102 valence electrons. The minimum atomic E-state index is -0.385. The molecule has 2 aromatic rings. The molecule has 2 aromatic carbocycles. The van der Waals surface area contributed by atoms with Gasteiger partial charge in [0.25, 0.3) is 0 Å². The molecule has 0 atom stereocenters. The Bertz CT molecular complexity index is 695. The minimum absolute atomic E-state index is 0.299. The van der Waals surface area contributed by atoms with Crippen LogP contribution in [0.25, 0.3) is 0 Å². The average molecular weight is 354 g/mol. The Morgan fingerprint density at radius 1 is 1.35 bits per heavy atom. The van der Waals surface area contributed by atoms with E-state index in [1.807, 2.05) is 18.2 Å². The van der Waals surface area contributed by atoms with Crippen LogP contribution in [0.1, 0.15) is 16.7 Å². The molecule has 2 rings (SSSR count). The number of halogens is 3. The van der Waals surface area contributed by atoms with Crippen molar-refractivity contribution in [3.63, 3.8) is 0 Å². The quantitative estimate of drug-likeness (QED) is 0.839. The van der Waals surface area contributed by atoms with Gasteiger partial charge in [-0.05, 0) is 52.7 Å². The van der Waals surface area contributed by atoms with Crippen LogP contribution in [0.2, 0.25) is 5.02 Å². The standard InChI is InChI=1S/C15H11BrClFN2/c1-9-14(18)5-11(7-19)6-15(9)20-8-10-2-3-13(17)12(16)4-10/h2-6,20H,8H2,1H3. The van der Waals surface area contributed by atoms with Crippen LogP contribution in [-0.2, 0) is 6.54 Å². The highest BCUT2D eigenvalue weighted by atomic mass is 79.9. The molecule has 0 heterocycles. The first-order valence-electron chi connectivity index (χ1n) is 5.89. The van der Waals surface area contributed by atoms with E-state index in [2.05, 4.69) is 21.2 Å². The lowest BCUT2D eigenvalue weighted by atomic mass is 10.1. The van der Waals surface area contributed by atoms with Gasteiger partial charge in [-0.25, -0.2) is 4.39 Å². The Morgan fingerprint density at radius 2 is 2.10 bits per heavy atom. The van der Waals surface area contributed by atoms with Crippen LogP contribution < -0.4 is 5.32 Å². The molecule has 0 aliphatic rings. The first-order chi connectivity index (χ1) is 9.51. The molecule has 0 amide bonds. The fourth-order valence-corrected chi connectivity index (χ4v) is 2.32. The zero-order chi connectivity index (χ0) is 14.7.